The Bertz CT molecular complexity index is 537. The number of methoxy groups -OCH3 is 1. The number of nitrogens with two attached hydrogens (primary N) is 1. The van der Waals surface area contributed by atoms with Crippen LogP contribution >= 0.6 is 7.41 Å². The van der Waals surface area contributed by atoms with Gasteiger partial charge in [0.05, 0.1) is 27.9 Å². The SMILES string of the molecule is COc1cc(C)c(NC(=O)C2([P+](C)(C)N)CCC2)c(C)c1. The summed E-state index contributed by atoms with van der Waals surface area (Å²) in [6.45, 7) is 8.08. The van der Waals surface area contributed by atoms with Gasteiger partial charge in [-0.25, -0.2) is 5.50 Å². The molecule has 0 saturated heterocycles. The fourth-order valence-electron chi connectivity index (χ4n) is 3.05. The highest BCUT2D eigenvalue weighted by Crippen LogP contribution is 2.65. The van der Waals surface area contributed by atoms with Crippen molar-refractivity contribution in [3.63, 3.8) is 0 Å². The molecule has 1 fully saturated rings. The number of hydrogen-bond acceptors (Lipinski definition) is 3. The van der Waals surface area contributed by atoms with Gasteiger partial charge in [-0.1, -0.05) is 0 Å². The van der Waals surface area contributed by atoms with Crippen molar-refractivity contribution in [2.75, 3.05) is 25.8 Å². The number of carbonyl (C=O) groups is 1. The van der Waals surface area contributed by atoms with Crippen LogP contribution in [0.4, 0.5) is 5.69 Å². The molecule has 1 aliphatic rings. The van der Waals surface area contributed by atoms with Crippen molar-refractivity contribution in [2.24, 2.45) is 5.50 Å². The van der Waals surface area contributed by atoms with Gasteiger partial charge in [-0.05, 0) is 56.4 Å². The number of anilines is 1. The second kappa shape index (κ2) is 5.58. The van der Waals surface area contributed by atoms with E-state index in [-0.39, 0.29) is 11.1 Å². The molecule has 0 radical (unpaired) electrons. The molecule has 1 saturated carbocycles. The molecule has 2 rings (SSSR count). The lowest BCUT2D eigenvalue weighted by molar-refractivity contribution is -0.120. The Morgan fingerprint density at radius 2 is 1.81 bits per heavy atom. The van der Waals surface area contributed by atoms with E-state index in [2.05, 4.69) is 18.6 Å². The van der Waals surface area contributed by atoms with Gasteiger partial charge in [0.25, 0.3) is 5.91 Å². The monoisotopic (exact) mass is 309 g/mol. The molecule has 116 valence electrons. The van der Waals surface area contributed by atoms with Gasteiger partial charge in [0.15, 0.2) is 5.16 Å². The Kier molecular flexibility index (Phi) is 4.32. The van der Waals surface area contributed by atoms with Crippen LogP contribution in [0.1, 0.15) is 30.4 Å². The predicted octanol–water partition coefficient (Wildman–Crippen LogP) is 3.32. The van der Waals surface area contributed by atoms with Crippen molar-refractivity contribution in [3.8, 4) is 5.75 Å². The number of rotatable bonds is 4. The van der Waals surface area contributed by atoms with Gasteiger partial charge in [-0.15, -0.1) is 0 Å². The van der Waals surface area contributed by atoms with Crippen LogP contribution < -0.4 is 15.6 Å². The fourth-order valence-corrected chi connectivity index (χ4v) is 5.09. The lowest BCUT2D eigenvalue weighted by Gasteiger charge is -2.43. The van der Waals surface area contributed by atoms with Gasteiger partial charge < -0.3 is 10.1 Å². The summed E-state index contributed by atoms with van der Waals surface area (Å²) in [6.07, 6.45) is 2.91. The molecule has 5 heteroatoms. The van der Waals surface area contributed by atoms with Gasteiger partial charge >= 0.3 is 0 Å². The molecule has 0 atom stereocenters. The van der Waals surface area contributed by atoms with Crippen LogP contribution in [0, 0.1) is 13.8 Å². The molecule has 1 aliphatic carbocycles. The molecule has 1 aromatic carbocycles. The number of nitrogens with one attached hydrogen (secondary N) is 1. The van der Waals surface area contributed by atoms with Crippen LogP contribution in [0.2, 0.25) is 0 Å². The summed E-state index contributed by atoms with van der Waals surface area (Å²) < 4.78 is 5.26. The third kappa shape index (κ3) is 2.79. The van der Waals surface area contributed by atoms with E-state index in [0.29, 0.717) is 0 Å². The Balaban J connectivity index is 2.28. The van der Waals surface area contributed by atoms with Crippen molar-refractivity contribution < 1.29 is 9.53 Å². The van der Waals surface area contributed by atoms with Crippen LogP contribution in [-0.2, 0) is 4.79 Å². The van der Waals surface area contributed by atoms with Gasteiger partial charge in [-0.3, -0.25) is 4.79 Å². The minimum Gasteiger partial charge on any atom is -0.497 e. The largest absolute Gasteiger partial charge is 0.497 e. The predicted molar refractivity (Wildman–Crippen MR) is 90.6 cm³/mol. The molecule has 0 bridgehead atoms. The van der Waals surface area contributed by atoms with Crippen molar-refractivity contribution in [1.29, 1.82) is 0 Å². The maximum absolute atomic E-state index is 12.8. The van der Waals surface area contributed by atoms with Crippen molar-refractivity contribution in [1.82, 2.24) is 0 Å². The Labute approximate surface area is 127 Å². The lowest BCUT2D eigenvalue weighted by Crippen LogP contribution is -2.51. The maximum atomic E-state index is 12.8. The second-order valence-corrected chi connectivity index (χ2v) is 10.5. The topological polar surface area (TPSA) is 64.3 Å². The highest BCUT2D eigenvalue weighted by atomic mass is 31.2. The highest BCUT2D eigenvalue weighted by molar-refractivity contribution is 7.74. The van der Waals surface area contributed by atoms with Crippen molar-refractivity contribution in [3.05, 3.63) is 23.3 Å². The van der Waals surface area contributed by atoms with E-state index < -0.39 is 7.41 Å². The molecule has 0 heterocycles. The molecule has 4 nitrogen and oxygen atoms in total. The summed E-state index contributed by atoms with van der Waals surface area (Å²) in [7, 11) is -0.0763. The third-order valence-electron chi connectivity index (χ3n) is 4.69. The number of benzene rings is 1. The number of hydrogen-bond donors (Lipinski definition) is 2. The van der Waals surface area contributed by atoms with E-state index in [1.807, 2.05) is 26.0 Å². The fraction of sp³-hybridized carbons (Fsp3) is 0.562. The van der Waals surface area contributed by atoms with Gasteiger partial charge in [-0.2, -0.15) is 0 Å². The highest BCUT2D eigenvalue weighted by Gasteiger charge is 2.59. The van der Waals surface area contributed by atoms with Crippen LogP contribution in [0.25, 0.3) is 0 Å². The number of aryl methyl sites for hydroxylation is 2. The average molecular weight is 309 g/mol. The second-order valence-electron chi connectivity index (χ2n) is 6.52. The summed E-state index contributed by atoms with van der Waals surface area (Å²) in [6, 6.07) is 3.89. The maximum Gasteiger partial charge on any atom is 0.269 e. The van der Waals surface area contributed by atoms with E-state index in [9.17, 15) is 4.79 Å². The van der Waals surface area contributed by atoms with Crippen LogP contribution in [0.5, 0.6) is 5.75 Å². The lowest BCUT2D eigenvalue weighted by atomic mass is 9.83. The summed E-state index contributed by atoms with van der Waals surface area (Å²) in [4.78, 5) is 12.8. The first kappa shape index (κ1) is 16.3. The van der Waals surface area contributed by atoms with E-state index in [1.165, 1.54) is 0 Å². The number of ether oxygens (including phenoxy) is 1. The normalized spacial score (nSPS) is 17.0. The minimum atomic E-state index is -1.73. The number of amides is 1. The van der Waals surface area contributed by atoms with Crippen molar-refractivity contribution >= 4 is 19.0 Å². The van der Waals surface area contributed by atoms with Crippen LogP contribution in [0.3, 0.4) is 0 Å². The quantitative estimate of drug-likeness (QED) is 0.839. The molecule has 1 aromatic rings. The van der Waals surface area contributed by atoms with Gasteiger partial charge in [0, 0.05) is 5.69 Å². The van der Waals surface area contributed by atoms with Crippen LogP contribution in [-0.4, -0.2) is 31.5 Å². The van der Waals surface area contributed by atoms with E-state index >= 15 is 0 Å². The van der Waals surface area contributed by atoms with E-state index in [1.54, 1.807) is 7.11 Å². The summed E-state index contributed by atoms with van der Waals surface area (Å²) in [5, 5.41) is 2.79. The van der Waals surface area contributed by atoms with E-state index in [0.717, 1.165) is 41.8 Å². The Hall–Kier alpha value is -1.12. The van der Waals surface area contributed by atoms with Crippen LogP contribution in [0.15, 0.2) is 12.1 Å². The summed E-state index contributed by atoms with van der Waals surface area (Å²) >= 11 is 0. The zero-order valence-corrected chi connectivity index (χ0v) is 14.5. The standard InChI is InChI=1S/C16H25N2O2P/c1-11-9-13(20-3)10-12(2)14(11)18-15(19)16(7-6-8-16)21(4,5)17/h9-10H,6-8,17H2,1-5H3/p+1. The summed E-state index contributed by atoms with van der Waals surface area (Å²) in [5.74, 6) is 0.902. The zero-order chi connectivity index (χ0) is 15.8. The van der Waals surface area contributed by atoms with E-state index in [4.69, 9.17) is 10.2 Å². The van der Waals surface area contributed by atoms with Gasteiger partial charge in [0.1, 0.15) is 5.75 Å². The third-order valence-corrected chi connectivity index (χ3v) is 7.54. The molecular weight excluding hydrogens is 283 g/mol. The molecule has 1 amide bonds. The summed E-state index contributed by atoms with van der Waals surface area (Å²) in [5.41, 5.74) is 9.30. The molecule has 0 unspecified atom stereocenters. The zero-order valence-electron chi connectivity index (χ0n) is 13.6. The minimum absolute atomic E-state index is 0.0888. The number of carbonyl (C=O) groups excluding carboxylic acids is 1. The Morgan fingerprint density at radius 3 is 2.14 bits per heavy atom. The molecule has 0 aliphatic heterocycles. The first-order chi connectivity index (χ1) is 9.71. The first-order valence-electron chi connectivity index (χ1n) is 7.30. The molecular formula is C16H26N2O2P+. The molecule has 0 spiro atoms. The van der Waals surface area contributed by atoms with Gasteiger partial charge in [0.2, 0.25) is 0 Å². The molecule has 3 N–H and O–H groups in total. The molecule has 21 heavy (non-hydrogen) atoms. The average Bonchev–Trinajstić information content (AvgIpc) is 2.29. The Morgan fingerprint density at radius 1 is 1.29 bits per heavy atom. The molecule has 0 aromatic heterocycles. The first-order valence-corrected chi connectivity index (χ1v) is 10.1. The smallest absolute Gasteiger partial charge is 0.269 e. The van der Waals surface area contributed by atoms with Crippen molar-refractivity contribution in [2.45, 2.75) is 38.3 Å².